The number of para-hydroxylation sites is 1. The molecule has 0 saturated carbocycles. The van der Waals surface area contributed by atoms with Crippen LogP contribution in [0, 0.1) is 6.92 Å². The highest BCUT2D eigenvalue weighted by atomic mass is 16.3. The van der Waals surface area contributed by atoms with Crippen LogP contribution in [0.4, 0.5) is 0 Å². The zero-order chi connectivity index (χ0) is 13.9. The first kappa shape index (κ1) is 12.9. The van der Waals surface area contributed by atoms with Crippen LogP contribution in [0.3, 0.4) is 0 Å². The van der Waals surface area contributed by atoms with Crippen LogP contribution in [-0.4, -0.2) is 0 Å². The van der Waals surface area contributed by atoms with Crippen LogP contribution in [0.1, 0.15) is 22.9 Å². The highest BCUT2D eigenvalue weighted by molar-refractivity contribution is 5.77. The second kappa shape index (κ2) is 5.49. The van der Waals surface area contributed by atoms with E-state index in [-0.39, 0.29) is 6.04 Å². The molecule has 3 rings (SSSR count). The van der Waals surface area contributed by atoms with Crippen molar-refractivity contribution in [2.45, 2.75) is 19.4 Å². The van der Waals surface area contributed by atoms with Gasteiger partial charge in [-0.3, -0.25) is 5.84 Å². The summed E-state index contributed by atoms with van der Waals surface area (Å²) in [6, 6.07) is 18.5. The largest absolute Gasteiger partial charge is 0.459 e. The third-order valence-corrected chi connectivity index (χ3v) is 3.55. The van der Waals surface area contributed by atoms with Gasteiger partial charge in [-0.25, -0.2) is 5.43 Å². The molecule has 0 fully saturated rings. The second-order valence-corrected chi connectivity index (χ2v) is 5.10. The molecule has 0 aliphatic rings. The Morgan fingerprint density at radius 1 is 1.10 bits per heavy atom. The average Bonchev–Trinajstić information content (AvgIpc) is 2.90. The zero-order valence-electron chi connectivity index (χ0n) is 11.5. The van der Waals surface area contributed by atoms with Crippen molar-refractivity contribution >= 4 is 11.0 Å². The van der Waals surface area contributed by atoms with Crippen molar-refractivity contribution in [1.82, 2.24) is 5.43 Å². The normalized spacial score (nSPS) is 12.7. The number of furan rings is 1. The molecule has 1 unspecified atom stereocenters. The molecule has 1 atom stereocenters. The number of aryl methyl sites for hydroxylation is 1. The van der Waals surface area contributed by atoms with Crippen molar-refractivity contribution < 1.29 is 4.42 Å². The van der Waals surface area contributed by atoms with E-state index in [1.165, 1.54) is 11.1 Å². The minimum atomic E-state index is -0.0230. The fourth-order valence-corrected chi connectivity index (χ4v) is 2.38. The lowest BCUT2D eigenvalue weighted by molar-refractivity contribution is 0.434. The molecule has 1 aromatic heterocycles. The van der Waals surface area contributed by atoms with Crippen molar-refractivity contribution in [2.75, 3.05) is 0 Å². The third kappa shape index (κ3) is 2.59. The average molecular weight is 266 g/mol. The Balaban J connectivity index is 1.87. The van der Waals surface area contributed by atoms with Gasteiger partial charge in [-0.2, -0.15) is 0 Å². The molecule has 102 valence electrons. The third-order valence-electron chi connectivity index (χ3n) is 3.55. The summed E-state index contributed by atoms with van der Waals surface area (Å²) >= 11 is 0. The molecule has 0 spiro atoms. The summed E-state index contributed by atoms with van der Waals surface area (Å²) in [5.74, 6) is 6.56. The number of hydrazine groups is 1. The fraction of sp³-hybridized carbons (Fsp3) is 0.176. The van der Waals surface area contributed by atoms with Crippen LogP contribution < -0.4 is 11.3 Å². The Bertz CT molecular complexity index is 667. The maximum Gasteiger partial charge on any atom is 0.134 e. The van der Waals surface area contributed by atoms with Crippen LogP contribution in [-0.2, 0) is 6.42 Å². The fourth-order valence-electron chi connectivity index (χ4n) is 2.38. The number of hydrogen-bond acceptors (Lipinski definition) is 3. The van der Waals surface area contributed by atoms with E-state index >= 15 is 0 Å². The highest BCUT2D eigenvalue weighted by Gasteiger charge is 2.15. The van der Waals surface area contributed by atoms with Gasteiger partial charge in [-0.05, 0) is 31.0 Å². The molecule has 3 aromatic rings. The lowest BCUT2D eigenvalue weighted by Crippen LogP contribution is -2.29. The first-order valence-electron chi connectivity index (χ1n) is 6.76. The molecule has 0 amide bonds. The molecule has 3 nitrogen and oxygen atoms in total. The van der Waals surface area contributed by atoms with Crippen LogP contribution in [0.2, 0.25) is 0 Å². The van der Waals surface area contributed by atoms with Crippen molar-refractivity contribution in [1.29, 1.82) is 0 Å². The van der Waals surface area contributed by atoms with Gasteiger partial charge < -0.3 is 4.42 Å². The molecule has 3 heteroatoms. The van der Waals surface area contributed by atoms with Gasteiger partial charge in [0.05, 0.1) is 6.04 Å². The first-order valence-corrected chi connectivity index (χ1v) is 6.76. The standard InChI is InChI=1S/C17H18N2O/c1-12-6-8-13(9-7-12)10-15(19-18)17-11-14-4-2-3-5-16(14)20-17/h2-9,11,15,19H,10,18H2,1H3. The van der Waals surface area contributed by atoms with Crippen molar-refractivity contribution in [2.24, 2.45) is 5.84 Å². The molecule has 0 bridgehead atoms. The quantitative estimate of drug-likeness (QED) is 0.561. The van der Waals surface area contributed by atoms with Crippen LogP contribution in [0.5, 0.6) is 0 Å². The van der Waals surface area contributed by atoms with E-state index in [4.69, 9.17) is 10.3 Å². The van der Waals surface area contributed by atoms with Crippen LogP contribution in [0.15, 0.2) is 59.0 Å². The summed E-state index contributed by atoms with van der Waals surface area (Å²) in [6.07, 6.45) is 0.802. The molecule has 20 heavy (non-hydrogen) atoms. The van der Waals surface area contributed by atoms with Gasteiger partial charge in [0.15, 0.2) is 0 Å². The molecule has 3 N–H and O–H groups in total. The van der Waals surface area contributed by atoms with Crippen LogP contribution in [0.25, 0.3) is 11.0 Å². The van der Waals surface area contributed by atoms with Gasteiger partial charge in [0, 0.05) is 5.39 Å². The van der Waals surface area contributed by atoms with E-state index in [1.807, 2.05) is 30.3 Å². The van der Waals surface area contributed by atoms with E-state index in [0.717, 1.165) is 23.2 Å². The Morgan fingerprint density at radius 3 is 2.55 bits per heavy atom. The Morgan fingerprint density at radius 2 is 1.85 bits per heavy atom. The summed E-state index contributed by atoms with van der Waals surface area (Å²) in [6.45, 7) is 2.09. The van der Waals surface area contributed by atoms with E-state index in [2.05, 4.69) is 36.6 Å². The summed E-state index contributed by atoms with van der Waals surface area (Å²) < 4.78 is 5.87. The van der Waals surface area contributed by atoms with Gasteiger partial charge >= 0.3 is 0 Å². The van der Waals surface area contributed by atoms with E-state index in [0.29, 0.717) is 0 Å². The maximum atomic E-state index is 5.87. The molecule has 0 aliphatic heterocycles. The van der Waals surface area contributed by atoms with Gasteiger partial charge in [0.2, 0.25) is 0 Å². The molecular formula is C17H18N2O. The van der Waals surface area contributed by atoms with E-state index < -0.39 is 0 Å². The topological polar surface area (TPSA) is 51.2 Å². The SMILES string of the molecule is Cc1ccc(CC(NN)c2cc3ccccc3o2)cc1. The summed E-state index contributed by atoms with van der Waals surface area (Å²) in [5.41, 5.74) is 6.24. The maximum absolute atomic E-state index is 5.87. The van der Waals surface area contributed by atoms with E-state index in [9.17, 15) is 0 Å². The van der Waals surface area contributed by atoms with Gasteiger partial charge in [-0.15, -0.1) is 0 Å². The van der Waals surface area contributed by atoms with Gasteiger partial charge in [-0.1, -0.05) is 48.0 Å². The number of nitrogens with two attached hydrogens (primary N) is 1. The van der Waals surface area contributed by atoms with Gasteiger partial charge in [0.1, 0.15) is 11.3 Å². The summed E-state index contributed by atoms with van der Waals surface area (Å²) in [7, 11) is 0. The first-order chi connectivity index (χ1) is 9.76. The number of benzene rings is 2. The highest BCUT2D eigenvalue weighted by Crippen LogP contribution is 2.25. The lowest BCUT2D eigenvalue weighted by Gasteiger charge is -2.13. The Labute approximate surface area is 118 Å². The second-order valence-electron chi connectivity index (χ2n) is 5.10. The minimum Gasteiger partial charge on any atom is -0.459 e. The lowest BCUT2D eigenvalue weighted by atomic mass is 10.0. The predicted octanol–water partition coefficient (Wildman–Crippen LogP) is 3.49. The monoisotopic (exact) mass is 266 g/mol. The van der Waals surface area contributed by atoms with Crippen LogP contribution >= 0.6 is 0 Å². The van der Waals surface area contributed by atoms with Crippen molar-refractivity contribution in [3.05, 3.63) is 71.5 Å². The minimum absolute atomic E-state index is 0.0230. The number of hydrogen-bond donors (Lipinski definition) is 2. The number of fused-ring (bicyclic) bond motifs is 1. The van der Waals surface area contributed by atoms with Crippen molar-refractivity contribution in [3.63, 3.8) is 0 Å². The molecule has 2 aromatic carbocycles. The van der Waals surface area contributed by atoms with E-state index in [1.54, 1.807) is 0 Å². The van der Waals surface area contributed by atoms with Gasteiger partial charge in [0.25, 0.3) is 0 Å². The smallest absolute Gasteiger partial charge is 0.134 e. The predicted molar refractivity (Wildman–Crippen MR) is 81.2 cm³/mol. The molecule has 0 aliphatic carbocycles. The Kier molecular flexibility index (Phi) is 3.54. The molecule has 1 heterocycles. The summed E-state index contributed by atoms with van der Waals surface area (Å²) in [4.78, 5) is 0. The Hall–Kier alpha value is -2.10. The molecule has 0 radical (unpaired) electrons. The number of rotatable bonds is 4. The molecular weight excluding hydrogens is 248 g/mol. The number of nitrogens with one attached hydrogen (secondary N) is 1. The summed E-state index contributed by atoms with van der Waals surface area (Å²) in [5, 5.41) is 1.10. The zero-order valence-corrected chi connectivity index (χ0v) is 11.5. The van der Waals surface area contributed by atoms with Crippen molar-refractivity contribution in [3.8, 4) is 0 Å². The molecule has 0 saturated heterocycles.